The third-order valence-electron chi connectivity index (χ3n) is 5.23. The highest BCUT2D eigenvalue weighted by Gasteiger charge is 2.20. The van der Waals surface area contributed by atoms with E-state index in [9.17, 15) is 0 Å². The van der Waals surface area contributed by atoms with E-state index in [1.165, 1.54) is 39.7 Å². The Morgan fingerprint density at radius 2 is 1.93 bits per heavy atom. The van der Waals surface area contributed by atoms with Gasteiger partial charge in [-0.3, -0.25) is 0 Å². The Labute approximate surface area is 181 Å². The first-order valence-electron chi connectivity index (χ1n) is 9.68. The maximum atomic E-state index is 6.31. The molecule has 3 aromatic heterocycles. The third kappa shape index (κ3) is 3.35. The van der Waals surface area contributed by atoms with Gasteiger partial charge in [0.25, 0.3) is 0 Å². The van der Waals surface area contributed by atoms with E-state index < -0.39 is 0 Å². The smallest absolute Gasteiger partial charge is 0.210 e. The van der Waals surface area contributed by atoms with Crippen LogP contribution >= 0.6 is 23.1 Å². The Kier molecular flexibility index (Phi) is 4.95. The van der Waals surface area contributed by atoms with Crippen LogP contribution in [0.4, 0.5) is 5.82 Å². The molecule has 0 aliphatic heterocycles. The van der Waals surface area contributed by atoms with E-state index in [0.717, 1.165) is 34.4 Å². The van der Waals surface area contributed by atoms with Crippen LogP contribution in [0.2, 0.25) is 0 Å². The van der Waals surface area contributed by atoms with E-state index in [0.29, 0.717) is 28.4 Å². The molecule has 3 heterocycles. The quantitative estimate of drug-likeness (QED) is 0.359. The second kappa shape index (κ2) is 7.77. The minimum atomic E-state index is 0.515. The maximum absolute atomic E-state index is 6.31. The molecule has 0 radical (unpaired) electrons. The molecule has 30 heavy (non-hydrogen) atoms. The molecular weight excluding hydrogens is 418 g/mol. The predicted molar refractivity (Wildman–Crippen MR) is 120 cm³/mol. The molecule has 0 atom stereocenters. The van der Waals surface area contributed by atoms with Crippen molar-refractivity contribution < 1.29 is 4.74 Å². The average Bonchev–Trinajstić information content (AvgIpc) is 3.32. The van der Waals surface area contributed by atoms with Crippen molar-refractivity contribution in [2.45, 2.75) is 36.6 Å². The molecule has 1 aliphatic rings. The summed E-state index contributed by atoms with van der Waals surface area (Å²) in [6.45, 7) is 0. The van der Waals surface area contributed by atoms with Crippen molar-refractivity contribution in [3.63, 3.8) is 0 Å². The van der Waals surface area contributed by atoms with Crippen LogP contribution in [0.1, 0.15) is 29.1 Å². The highest BCUT2D eigenvalue weighted by atomic mass is 32.2. The first-order chi connectivity index (χ1) is 14.6. The Hall–Kier alpha value is -2.85. The number of hydrogen-bond donors (Lipinski definition) is 2. The Balaban J connectivity index is 1.37. The molecule has 4 aromatic rings. The van der Waals surface area contributed by atoms with Crippen LogP contribution in [-0.2, 0) is 18.6 Å². The summed E-state index contributed by atoms with van der Waals surface area (Å²) in [5.41, 5.74) is 8.52. The highest BCUT2D eigenvalue weighted by Crippen LogP contribution is 2.38. The fraction of sp³-hybridized carbons (Fsp3) is 0.300. The van der Waals surface area contributed by atoms with Crippen molar-refractivity contribution in [1.82, 2.24) is 24.8 Å². The number of nitrogens with two attached hydrogens (primary N) is 2. The molecule has 8 nitrogen and oxygen atoms in total. The van der Waals surface area contributed by atoms with Crippen LogP contribution in [-0.4, -0.2) is 32.0 Å². The lowest BCUT2D eigenvalue weighted by Crippen LogP contribution is -2.11. The summed E-state index contributed by atoms with van der Waals surface area (Å²) in [4.78, 5) is 11.7. The van der Waals surface area contributed by atoms with Gasteiger partial charge in [0.05, 0.1) is 18.2 Å². The molecular formula is C20H21N7OS2. The van der Waals surface area contributed by atoms with E-state index >= 15 is 0 Å². The Bertz CT molecular complexity index is 1220. The number of thioether (sulfide) groups is 1. The number of nitrogens with zero attached hydrogens (tertiary/aromatic N) is 5. The molecule has 1 aliphatic carbocycles. The largest absolute Gasteiger partial charge is 0.497 e. The fourth-order valence-corrected chi connectivity index (χ4v) is 5.74. The molecule has 0 spiro atoms. The number of rotatable bonds is 5. The standard InChI is InChI=1S/C20H21N7OS2/c1-28-12-8-6-11(7-9-12)18-25-26-20(27(18)22)29-10-15-23-17(21)16-13-4-2-3-5-14(13)30-19(16)24-15/h6-9H,2-5,10,22H2,1H3,(H2,21,23,24). The number of thiophene rings is 1. The zero-order valence-electron chi connectivity index (χ0n) is 16.5. The van der Waals surface area contributed by atoms with E-state index in [1.54, 1.807) is 18.4 Å². The van der Waals surface area contributed by atoms with Gasteiger partial charge in [-0.05, 0) is 55.5 Å². The van der Waals surface area contributed by atoms with E-state index in [2.05, 4.69) is 15.2 Å². The maximum Gasteiger partial charge on any atom is 0.210 e. The first-order valence-corrected chi connectivity index (χ1v) is 11.5. The van der Waals surface area contributed by atoms with Gasteiger partial charge < -0.3 is 16.3 Å². The number of anilines is 1. The van der Waals surface area contributed by atoms with Crippen LogP contribution < -0.4 is 16.3 Å². The van der Waals surface area contributed by atoms with Crippen LogP contribution in [0.25, 0.3) is 21.6 Å². The molecule has 5 rings (SSSR count). The summed E-state index contributed by atoms with van der Waals surface area (Å²) in [5, 5.41) is 10.1. The summed E-state index contributed by atoms with van der Waals surface area (Å²) < 4.78 is 6.68. The van der Waals surface area contributed by atoms with Crippen molar-refractivity contribution in [1.29, 1.82) is 0 Å². The molecule has 0 saturated heterocycles. The van der Waals surface area contributed by atoms with Gasteiger partial charge >= 0.3 is 0 Å². The van der Waals surface area contributed by atoms with Gasteiger partial charge in [-0.25, -0.2) is 14.6 Å². The van der Waals surface area contributed by atoms with Crippen LogP contribution in [0.3, 0.4) is 0 Å². The van der Waals surface area contributed by atoms with Gasteiger partial charge in [0.1, 0.15) is 22.2 Å². The molecule has 10 heteroatoms. The highest BCUT2D eigenvalue weighted by molar-refractivity contribution is 7.98. The van der Waals surface area contributed by atoms with Gasteiger partial charge in [0, 0.05) is 10.4 Å². The normalized spacial score (nSPS) is 13.5. The SMILES string of the molecule is COc1ccc(-c2nnc(SCc3nc(N)c4c5c(sc4n3)CCCC5)n2N)cc1. The monoisotopic (exact) mass is 439 g/mol. The van der Waals surface area contributed by atoms with Crippen molar-refractivity contribution >= 4 is 39.1 Å². The lowest BCUT2D eigenvalue weighted by Gasteiger charge is -2.10. The summed E-state index contributed by atoms with van der Waals surface area (Å²) >= 11 is 3.19. The second-order valence-corrected chi connectivity index (χ2v) is 9.14. The van der Waals surface area contributed by atoms with Gasteiger partial charge in [-0.1, -0.05) is 11.8 Å². The first kappa shape index (κ1) is 19.1. The lowest BCUT2D eigenvalue weighted by molar-refractivity contribution is 0.415. The molecule has 154 valence electrons. The van der Waals surface area contributed by atoms with Crippen molar-refractivity contribution in [2.24, 2.45) is 0 Å². The zero-order chi connectivity index (χ0) is 20.7. The van der Waals surface area contributed by atoms with Crippen molar-refractivity contribution in [3.05, 3.63) is 40.5 Å². The summed E-state index contributed by atoms with van der Waals surface area (Å²) in [6.07, 6.45) is 4.63. The molecule has 0 bridgehead atoms. The Morgan fingerprint density at radius 3 is 2.73 bits per heavy atom. The molecule has 0 amide bonds. The summed E-state index contributed by atoms with van der Waals surface area (Å²) in [6, 6.07) is 7.53. The molecule has 0 fully saturated rings. The number of benzene rings is 1. The number of hydrogen-bond acceptors (Lipinski definition) is 9. The van der Waals surface area contributed by atoms with Gasteiger partial charge in [0.15, 0.2) is 5.82 Å². The molecule has 4 N–H and O–H groups in total. The minimum Gasteiger partial charge on any atom is -0.497 e. The van der Waals surface area contributed by atoms with E-state index in [1.807, 2.05) is 24.3 Å². The van der Waals surface area contributed by atoms with E-state index in [-0.39, 0.29) is 0 Å². The number of aryl methyl sites for hydroxylation is 2. The zero-order valence-corrected chi connectivity index (χ0v) is 18.1. The second-order valence-electron chi connectivity index (χ2n) is 7.11. The average molecular weight is 440 g/mol. The summed E-state index contributed by atoms with van der Waals surface area (Å²) in [7, 11) is 1.63. The van der Waals surface area contributed by atoms with Gasteiger partial charge in [0.2, 0.25) is 5.16 Å². The number of fused-ring (bicyclic) bond motifs is 3. The predicted octanol–water partition coefficient (Wildman–Crippen LogP) is 3.43. The van der Waals surface area contributed by atoms with Crippen LogP contribution in [0, 0.1) is 0 Å². The topological polar surface area (TPSA) is 118 Å². The van der Waals surface area contributed by atoms with Gasteiger partial charge in [-0.15, -0.1) is 21.5 Å². The number of nitrogen functional groups attached to an aromatic ring is 2. The Morgan fingerprint density at radius 1 is 1.13 bits per heavy atom. The molecule has 1 aromatic carbocycles. The number of methoxy groups -OCH3 is 1. The van der Waals surface area contributed by atoms with Gasteiger partial charge in [-0.2, -0.15) is 0 Å². The van der Waals surface area contributed by atoms with E-state index in [4.69, 9.17) is 21.3 Å². The number of aromatic nitrogens is 5. The molecule has 0 unspecified atom stereocenters. The van der Waals surface area contributed by atoms with Crippen molar-refractivity contribution in [3.8, 4) is 17.1 Å². The van der Waals surface area contributed by atoms with Crippen LogP contribution in [0.5, 0.6) is 5.75 Å². The lowest BCUT2D eigenvalue weighted by atomic mass is 9.97. The van der Waals surface area contributed by atoms with Crippen LogP contribution in [0.15, 0.2) is 29.4 Å². The summed E-state index contributed by atoms with van der Waals surface area (Å²) in [5.74, 6) is 9.36. The third-order valence-corrected chi connectivity index (χ3v) is 7.36. The molecule has 0 saturated carbocycles. The van der Waals surface area contributed by atoms with Crippen molar-refractivity contribution in [2.75, 3.05) is 18.7 Å². The number of ether oxygens (including phenoxy) is 1. The minimum absolute atomic E-state index is 0.515. The fourth-order valence-electron chi connectivity index (χ4n) is 3.74.